The van der Waals surface area contributed by atoms with Gasteiger partial charge in [0, 0.05) is 26.3 Å². The SMILES string of the molecule is COCC(C)CN(C)C(C)C. The molecular weight excluding hydrogens is 138 g/mol. The molecule has 0 saturated heterocycles. The molecule has 0 aliphatic heterocycles. The second-order valence-electron chi connectivity index (χ2n) is 3.59. The van der Waals surface area contributed by atoms with Crippen molar-refractivity contribution in [1.82, 2.24) is 4.90 Å². The summed E-state index contributed by atoms with van der Waals surface area (Å²) in [6.07, 6.45) is 0. The molecule has 0 bridgehead atoms. The highest BCUT2D eigenvalue weighted by Gasteiger charge is 2.07. The number of nitrogens with zero attached hydrogens (tertiary/aromatic N) is 1. The molecule has 2 heteroatoms. The predicted octanol–water partition coefficient (Wildman–Crippen LogP) is 1.61. The van der Waals surface area contributed by atoms with Crippen LogP contribution in [0.4, 0.5) is 0 Å². The van der Waals surface area contributed by atoms with Gasteiger partial charge in [-0.1, -0.05) is 6.92 Å². The first-order valence-electron chi connectivity index (χ1n) is 4.27. The van der Waals surface area contributed by atoms with Crippen LogP contribution in [0.3, 0.4) is 0 Å². The van der Waals surface area contributed by atoms with Gasteiger partial charge in [0.1, 0.15) is 0 Å². The number of methoxy groups -OCH3 is 1. The van der Waals surface area contributed by atoms with Crippen molar-refractivity contribution in [2.24, 2.45) is 5.92 Å². The second kappa shape index (κ2) is 5.56. The van der Waals surface area contributed by atoms with Crippen LogP contribution >= 0.6 is 0 Å². The van der Waals surface area contributed by atoms with Gasteiger partial charge >= 0.3 is 0 Å². The predicted molar refractivity (Wildman–Crippen MR) is 48.8 cm³/mol. The molecule has 0 spiro atoms. The quantitative estimate of drug-likeness (QED) is 0.604. The van der Waals surface area contributed by atoms with Crippen molar-refractivity contribution in [2.45, 2.75) is 26.8 Å². The standard InChI is InChI=1S/C9H21NO/c1-8(2)10(4)6-9(3)7-11-5/h8-9H,6-7H2,1-5H3. The second-order valence-corrected chi connectivity index (χ2v) is 3.59. The molecule has 0 aromatic carbocycles. The Kier molecular flexibility index (Phi) is 5.51. The summed E-state index contributed by atoms with van der Waals surface area (Å²) in [5.41, 5.74) is 0. The van der Waals surface area contributed by atoms with Crippen LogP contribution in [0.15, 0.2) is 0 Å². The van der Waals surface area contributed by atoms with Crippen molar-refractivity contribution in [3.63, 3.8) is 0 Å². The van der Waals surface area contributed by atoms with Crippen LogP contribution in [-0.2, 0) is 4.74 Å². The molecule has 0 rings (SSSR count). The topological polar surface area (TPSA) is 12.5 Å². The maximum atomic E-state index is 5.06. The Bertz CT molecular complexity index is 93.6. The largest absolute Gasteiger partial charge is 0.384 e. The van der Waals surface area contributed by atoms with Crippen LogP contribution in [0, 0.1) is 5.92 Å². The summed E-state index contributed by atoms with van der Waals surface area (Å²) >= 11 is 0. The molecule has 0 saturated carbocycles. The Hall–Kier alpha value is -0.0800. The third-order valence-electron chi connectivity index (χ3n) is 1.93. The molecule has 1 atom stereocenters. The summed E-state index contributed by atoms with van der Waals surface area (Å²) < 4.78 is 5.06. The summed E-state index contributed by atoms with van der Waals surface area (Å²) in [7, 11) is 3.91. The zero-order chi connectivity index (χ0) is 8.85. The van der Waals surface area contributed by atoms with Gasteiger partial charge in [-0.05, 0) is 26.8 Å². The van der Waals surface area contributed by atoms with Crippen LogP contribution in [0.25, 0.3) is 0 Å². The highest BCUT2D eigenvalue weighted by atomic mass is 16.5. The van der Waals surface area contributed by atoms with Gasteiger partial charge in [0.25, 0.3) is 0 Å². The van der Waals surface area contributed by atoms with Crippen molar-refractivity contribution in [3.8, 4) is 0 Å². The van der Waals surface area contributed by atoms with E-state index in [0.29, 0.717) is 12.0 Å². The maximum absolute atomic E-state index is 5.06. The highest BCUT2D eigenvalue weighted by Crippen LogP contribution is 2.01. The summed E-state index contributed by atoms with van der Waals surface area (Å²) in [5.74, 6) is 0.632. The molecule has 11 heavy (non-hydrogen) atoms. The van der Waals surface area contributed by atoms with E-state index in [0.717, 1.165) is 13.2 Å². The van der Waals surface area contributed by atoms with Crippen molar-refractivity contribution >= 4 is 0 Å². The average molecular weight is 159 g/mol. The molecule has 68 valence electrons. The van der Waals surface area contributed by atoms with Gasteiger partial charge in [0.2, 0.25) is 0 Å². The van der Waals surface area contributed by atoms with Gasteiger partial charge in [-0.25, -0.2) is 0 Å². The zero-order valence-corrected chi connectivity index (χ0v) is 8.42. The first-order chi connectivity index (χ1) is 5.07. The Morgan fingerprint density at radius 1 is 1.27 bits per heavy atom. The van der Waals surface area contributed by atoms with E-state index in [-0.39, 0.29) is 0 Å². The molecule has 0 N–H and O–H groups in total. The van der Waals surface area contributed by atoms with E-state index in [9.17, 15) is 0 Å². The lowest BCUT2D eigenvalue weighted by Crippen LogP contribution is -2.32. The molecule has 0 aromatic rings. The number of hydrogen-bond acceptors (Lipinski definition) is 2. The molecule has 0 aliphatic carbocycles. The first kappa shape index (κ1) is 10.9. The van der Waals surface area contributed by atoms with Gasteiger partial charge < -0.3 is 9.64 Å². The van der Waals surface area contributed by atoms with Crippen LogP contribution in [0.2, 0.25) is 0 Å². The van der Waals surface area contributed by atoms with Gasteiger partial charge in [-0.15, -0.1) is 0 Å². The molecule has 0 heterocycles. The van der Waals surface area contributed by atoms with Crippen molar-refractivity contribution in [2.75, 3.05) is 27.3 Å². The van der Waals surface area contributed by atoms with Gasteiger partial charge in [0.15, 0.2) is 0 Å². The molecule has 0 amide bonds. The van der Waals surface area contributed by atoms with Gasteiger partial charge in [0.05, 0.1) is 0 Å². The van der Waals surface area contributed by atoms with E-state index in [1.165, 1.54) is 0 Å². The minimum atomic E-state index is 0.632. The Balaban J connectivity index is 3.48. The molecule has 1 unspecified atom stereocenters. The van der Waals surface area contributed by atoms with E-state index < -0.39 is 0 Å². The monoisotopic (exact) mass is 159 g/mol. The summed E-state index contributed by atoms with van der Waals surface area (Å²) in [5, 5.41) is 0. The average Bonchev–Trinajstić information content (AvgIpc) is 1.87. The minimum Gasteiger partial charge on any atom is -0.384 e. The van der Waals surface area contributed by atoms with E-state index in [2.05, 4.69) is 32.7 Å². The normalized spacial score (nSPS) is 14.5. The Labute approximate surface area is 70.5 Å². The smallest absolute Gasteiger partial charge is 0.0500 e. The summed E-state index contributed by atoms with van der Waals surface area (Å²) in [6, 6.07) is 0.634. The number of hydrogen-bond donors (Lipinski definition) is 0. The van der Waals surface area contributed by atoms with Crippen LogP contribution in [-0.4, -0.2) is 38.3 Å². The molecule has 0 fully saturated rings. The molecular formula is C9H21NO. The Morgan fingerprint density at radius 2 is 1.82 bits per heavy atom. The fourth-order valence-corrected chi connectivity index (χ4v) is 1.04. The minimum absolute atomic E-state index is 0.632. The van der Waals surface area contributed by atoms with Gasteiger partial charge in [-0.2, -0.15) is 0 Å². The van der Waals surface area contributed by atoms with E-state index in [4.69, 9.17) is 4.74 Å². The lowest BCUT2D eigenvalue weighted by Gasteiger charge is -2.24. The molecule has 0 aliphatic rings. The van der Waals surface area contributed by atoms with Crippen molar-refractivity contribution in [3.05, 3.63) is 0 Å². The maximum Gasteiger partial charge on any atom is 0.0500 e. The van der Waals surface area contributed by atoms with Gasteiger partial charge in [-0.3, -0.25) is 0 Å². The number of ether oxygens (including phenoxy) is 1. The zero-order valence-electron chi connectivity index (χ0n) is 8.42. The third kappa shape index (κ3) is 5.22. The summed E-state index contributed by atoms with van der Waals surface area (Å²) in [4.78, 5) is 2.34. The third-order valence-corrected chi connectivity index (χ3v) is 1.93. The first-order valence-corrected chi connectivity index (χ1v) is 4.27. The van der Waals surface area contributed by atoms with E-state index >= 15 is 0 Å². The summed E-state index contributed by atoms with van der Waals surface area (Å²) in [6.45, 7) is 8.60. The van der Waals surface area contributed by atoms with E-state index in [1.807, 2.05) is 0 Å². The van der Waals surface area contributed by atoms with Crippen LogP contribution in [0.1, 0.15) is 20.8 Å². The number of rotatable bonds is 5. The lowest BCUT2D eigenvalue weighted by molar-refractivity contribution is 0.129. The fourth-order valence-electron chi connectivity index (χ4n) is 1.04. The van der Waals surface area contributed by atoms with E-state index in [1.54, 1.807) is 7.11 Å². The van der Waals surface area contributed by atoms with Crippen molar-refractivity contribution in [1.29, 1.82) is 0 Å². The Morgan fingerprint density at radius 3 is 2.18 bits per heavy atom. The molecule has 0 radical (unpaired) electrons. The van der Waals surface area contributed by atoms with Crippen LogP contribution in [0.5, 0.6) is 0 Å². The van der Waals surface area contributed by atoms with Crippen molar-refractivity contribution < 1.29 is 4.74 Å². The highest BCUT2D eigenvalue weighted by molar-refractivity contribution is 4.61. The fraction of sp³-hybridized carbons (Fsp3) is 1.00. The lowest BCUT2D eigenvalue weighted by atomic mass is 10.2. The molecule has 2 nitrogen and oxygen atoms in total. The molecule has 0 aromatic heterocycles. The van der Waals surface area contributed by atoms with Crippen LogP contribution < -0.4 is 0 Å².